The van der Waals surface area contributed by atoms with Crippen LogP contribution in [0.25, 0.3) is 0 Å². The highest BCUT2D eigenvalue weighted by molar-refractivity contribution is 5.85. The third kappa shape index (κ3) is 3.66. The van der Waals surface area contributed by atoms with Crippen LogP contribution in [0.2, 0.25) is 0 Å². The quantitative estimate of drug-likeness (QED) is 0.876. The van der Waals surface area contributed by atoms with Gasteiger partial charge in [0.05, 0.1) is 0 Å². The molecule has 0 aliphatic rings. The van der Waals surface area contributed by atoms with Crippen LogP contribution in [0, 0.1) is 18.6 Å². The van der Waals surface area contributed by atoms with Gasteiger partial charge in [-0.25, -0.2) is 18.4 Å². The van der Waals surface area contributed by atoms with Crippen molar-refractivity contribution in [1.82, 2.24) is 4.90 Å². The fourth-order valence-corrected chi connectivity index (χ4v) is 2.46. The summed E-state index contributed by atoms with van der Waals surface area (Å²) in [7, 11) is 1.17. The van der Waals surface area contributed by atoms with Crippen LogP contribution in [-0.4, -0.2) is 29.1 Å². The zero-order chi connectivity index (χ0) is 19.5. The summed E-state index contributed by atoms with van der Waals surface area (Å²) in [6, 6.07) is 10.5. The second kappa shape index (κ2) is 7.51. The lowest BCUT2D eigenvalue weighted by molar-refractivity contribution is -0.149. The number of aryl methyl sites for hydroxylation is 1. The second-order valence-corrected chi connectivity index (χ2v) is 6.06. The van der Waals surface area contributed by atoms with Crippen LogP contribution < -0.4 is 0 Å². The average molecular weight is 363 g/mol. The number of carbonyl (C=O) groups is 2. The number of aliphatic carboxylic acids is 1. The van der Waals surface area contributed by atoms with Gasteiger partial charge in [0.1, 0.15) is 18.2 Å². The van der Waals surface area contributed by atoms with Crippen molar-refractivity contribution in [2.24, 2.45) is 0 Å². The molecule has 0 aromatic heterocycles. The van der Waals surface area contributed by atoms with Gasteiger partial charge < -0.3 is 9.84 Å². The van der Waals surface area contributed by atoms with E-state index in [4.69, 9.17) is 4.74 Å². The third-order valence-electron chi connectivity index (χ3n) is 4.34. The van der Waals surface area contributed by atoms with Crippen LogP contribution in [0.5, 0.6) is 0 Å². The fourth-order valence-electron chi connectivity index (χ4n) is 2.46. The highest BCUT2D eigenvalue weighted by Gasteiger charge is 2.45. The first kappa shape index (κ1) is 19.4. The van der Waals surface area contributed by atoms with E-state index in [2.05, 4.69) is 0 Å². The molecule has 1 unspecified atom stereocenters. The maximum absolute atomic E-state index is 14.4. The van der Waals surface area contributed by atoms with E-state index < -0.39 is 34.8 Å². The van der Waals surface area contributed by atoms with E-state index in [1.165, 1.54) is 14.0 Å². The van der Waals surface area contributed by atoms with E-state index in [1.807, 2.05) is 0 Å². The highest BCUT2D eigenvalue weighted by atomic mass is 19.1. The van der Waals surface area contributed by atoms with Crippen molar-refractivity contribution in [2.75, 3.05) is 7.05 Å². The number of nitrogens with zero attached hydrogens (tertiary/aromatic N) is 1. The van der Waals surface area contributed by atoms with E-state index in [9.17, 15) is 23.5 Å². The zero-order valence-corrected chi connectivity index (χ0v) is 14.6. The van der Waals surface area contributed by atoms with E-state index in [0.29, 0.717) is 5.56 Å². The number of carboxylic acids is 1. The Morgan fingerprint density at radius 2 is 1.77 bits per heavy atom. The zero-order valence-electron chi connectivity index (χ0n) is 14.6. The van der Waals surface area contributed by atoms with E-state index in [0.717, 1.165) is 24.0 Å². The minimum absolute atomic E-state index is 0.0355. The van der Waals surface area contributed by atoms with Gasteiger partial charge in [-0.1, -0.05) is 30.3 Å². The molecule has 5 nitrogen and oxygen atoms in total. The number of ether oxygens (including phenoxy) is 1. The second-order valence-electron chi connectivity index (χ2n) is 6.06. The molecule has 0 radical (unpaired) electrons. The first-order valence-corrected chi connectivity index (χ1v) is 7.82. The van der Waals surface area contributed by atoms with Crippen molar-refractivity contribution in [1.29, 1.82) is 0 Å². The molecule has 2 aromatic rings. The molecule has 0 saturated heterocycles. The molecular weight excluding hydrogens is 344 g/mol. The summed E-state index contributed by atoms with van der Waals surface area (Å²) in [6.45, 7) is 2.40. The maximum atomic E-state index is 14.4. The highest BCUT2D eigenvalue weighted by Crippen LogP contribution is 2.32. The molecule has 0 bridgehead atoms. The lowest BCUT2D eigenvalue weighted by Crippen LogP contribution is -2.51. The Hall–Kier alpha value is -2.96. The maximum Gasteiger partial charge on any atom is 0.411 e. The summed E-state index contributed by atoms with van der Waals surface area (Å²) in [6.07, 6.45) is -0.973. The average Bonchev–Trinajstić information content (AvgIpc) is 2.62. The molecule has 2 aromatic carbocycles. The van der Waals surface area contributed by atoms with Crippen LogP contribution in [-0.2, 0) is 21.7 Å². The number of hydrogen-bond acceptors (Lipinski definition) is 3. The molecule has 0 spiro atoms. The minimum Gasteiger partial charge on any atom is -0.479 e. The number of likely N-dealkylation sites (N-methyl/N-ethyl adjacent to an activating group) is 1. The molecule has 0 aliphatic heterocycles. The number of halogens is 2. The van der Waals surface area contributed by atoms with Gasteiger partial charge in [-0.3, -0.25) is 4.90 Å². The molecule has 0 heterocycles. The van der Waals surface area contributed by atoms with Crippen LogP contribution in [0.4, 0.5) is 13.6 Å². The first-order valence-electron chi connectivity index (χ1n) is 7.82. The number of benzene rings is 2. The molecule has 0 saturated carbocycles. The molecule has 26 heavy (non-hydrogen) atoms. The number of amides is 1. The topological polar surface area (TPSA) is 66.8 Å². The van der Waals surface area contributed by atoms with Gasteiger partial charge >= 0.3 is 12.1 Å². The van der Waals surface area contributed by atoms with E-state index in [-0.39, 0.29) is 12.2 Å². The molecule has 1 N–H and O–H groups in total. The van der Waals surface area contributed by atoms with Gasteiger partial charge in [0.25, 0.3) is 0 Å². The van der Waals surface area contributed by atoms with Crippen molar-refractivity contribution in [2.45, 2.75) is 26.0 Å². The summed E-state index contributed by atoms with van der Waals surface area (Å²) < 4.78 is 33.4. The van der Waals surface area contributed by atoms with Gasteiger partial charge in [-0.2, -0.15) is 0 Å². The predicted molar refractivity (Wildman–Crippen MR) is 90.5 cm³/mol. The van der Waals surface area contributed by atoms with Crippen molar-refractivity contribution in [3.63, 3.8) is 0 Å². The van der Waals surface area contributed by atoms with Gasteiger partial charge in [0, 0.05) is 12.6 Å². The summed E-state index contributed by atoms with van der Waals surface area (Å²) in [5.74, 6) is -3.20. The van der Waals surface area contributed by atoms with Crippen LogP contribution in [0.3, 0.4) is 0 Å². The van der Waals surface area contributed by atoms with Gasteiger partial charge in [-0.15, -0.1) is 0 Å². The Morgan fingerprint density at radius 1 is 1.15 bits per heavy atom. The molecule has 1 amide bonds. The third-order valence-corrected chi connectivity index (χ3v) is 4.34. The Kier molecular flexibility index (Phi) is 5.59. The van der Waals surface area contributed by atoms with Gasteiger partial charge in [0.15, 0.2) is 5.54 Å². The largest absolute Gasteiger partial charge is 0.479 e. The van der Waals surface area contributed by atoms with Crippen molar-refractivity contribution in [3.8, 4) is 0 Å². The van der Waals surface area contributed by atoms with Crippen LogP contribution in [0.15, 0.2) is 42.5 Å². The Bertz CT molecular complexity index is 826. The van der Waals surface area contributed by atoms with Crippen molar-refractivity contribution < 1.29 is 28.2 Å². The molecule has 0 aliphatic carbocycles. The first-order chi connectivity index (χ1) is 12.2. The van der Waals surface area contributed by atoms with Crippen LogP contribution >= 0.6 is 0 Å². The number of rotatable bonds is 5. The lowest BCUT2D eigenvalue weighted by atomic mass is 9.89. The van der Waals surface area contributed by atoms with E-state index >= 15 is 0 Å². The standard InChI is InChI=1S/C19H19F2NO4/c1-12-9-16(21)14(10-15(12)20)19(2,17(23)24)22(3)18(25)26-11-13-7-5-4-6-8-13/h4-10H,11H2,1-3H3,(H,23,24). The Morgan fingerprint density at radius 3 is 2.35 bits per heavy atom. The summed E-state index contributed by atoms with van der Waals surface area (Å²) in [4.78, 5) is 24.9. The number of carboxylic acid groups (broad SMARTS) is 1. The SMILES string of the molecule is Cc1cc(F)c(C(C)(C(=O)O)N(C)C(=O)OCc2ccccc2)cc1F. The fraction of sp³-hybridized carbons (Fsp3) is 0.263. The van der Waals surface area contributed by atoms with Crippen molar-refractivity contribution >= 4 is 12.1 Å². The van der Waals surface area contributed by atoms with E-state index in [1.54, 1.807) is 30.3 Å². The van der Waals surface area contributed by atoms with Crippen LogP contribution in [0.1, 0.15) is 23.6 Å². The molecule has 2 rings (SSSR count). The molecule has 138 valence electrons. The molecule has 1 atom stereocenters. The Labute approximate surface area is 149 Å². The summed E-state index contributed by atoms with van der Waals surface area (Å²) in [5.41, 5.74) is -1.87. The molecule has 0 fully saturated rings. The van der Waals surface area contributed by atoms with Gasteiger partial charge in [-0.05, 0) is 37.1 Å². The molecular formula is C19H19F2NO4. The van der Waals surface area contributed by atoms with Gasteiger partial charge in [0.2, 0.25) is 0 Å². The molecule has 7 heteroatoms. The normalized spacial score (nSPS) is 13.0. The predicted octanol–water partition coefficient (Wildman–Crippen LogP) is 3.84. The monoisotopic (exact) mass is 363 g/mol. The lowest BCUT2D eigenvalue weighted by Gasteiger charge is -2.35. The summed E-state index contributed by atoms with van der Waals surface area (Å²) in [5, 5.41) is 9.64. The number of hydrogen-bond donors (Lipinski definition) is 1. The minimum atomic E-state index is -2.15. The Balaban J connectivity index is 2.31. The smallest absolute Gasteiger partial charge is 0.411 e. The van der Waals surface area contributed by atoms with Crippen molar-refractivity contribution in [3.05, 3.63) is 70.8 Å². The summed E-state index contributed by atoms with van der Waals surface area (Å²) >= 11 is 0. The number of carbonyl (C=O) groups excluding carboxylic acids is 1.